The molecule has 0 saturated heterocycles. The second kappa shape index (κ2) is 9.85. The Morgan fingerprint density at radius 1 is 0.914 bits per heavy atom. The van der Waals surface area contributed by atoms with Gasteiger partial charge in [-0.05, 0) is 44.5 Å². The maximum atomic E-state index is 13.3. The molecule has 180 valence electrons. The standard InChI is InChI=1S/C27H28N4O3S/c1-27(2,3)30-35(33,34)23-16-10-15-22(17-23)28-26(32)24-19-31(18-20-11-6-4-7-12-20)29-25(24)21-13-8-5-9-14-21/h4-17,19,30H,18H2,1-3H3,(H,28,32). The Hall–Kier alpha value is -3.75. The molecule has 1 aromatic heterocycles. The van der Waals surface area contributed by atoms with Gasteiger partial charge in [-0.3, -0.25) is 9.48 Å². The number of rotatable bonds is 7. The van der Waals surface area contributed by atoms with E-state index in [0.29, 0.717) is 23.5 Å². The van der Waals surface area contributed by atoms with Crippen LogP contribution < -0.4 is 10.0 Å². The summed E-state index contributed by atoms with van der Waals surface area (Å²) in [5, 5.41) is 7.52. The van der Waals surface area contributed by atoms with E-state index < -0.39 is 15.6 Å². The quantitative estimate of drug-likeness (QED) is 0.386. The molecule has 2 N–H and O–H groups in total. The second-order valence-electron chi connectivity index (χ2n) is 9.28. The Morgan fingerprint density at radius 3 is 2.23 bits per heavy atom. The monoisotopic (exact) mass is 488 g/mol. The highest BCUT2D eigenvalue weighted by Crippen LogP contribution is 2.24. The van der Waals surface area contributed by atoms with E-state index in [0.717, 1.165) is 11.1 Å². The van der Waals surface area contributed by atoms with Gasteiger partial charge >= 0.3 is 0 Å². The smallest absolute Gasteiger partial charge is 0.259 e. The fourth-order valence-electron chi connectivity index (χ4n) is 3.65. The third-order valence-corrected chi connectivity index (χ3v) is 6.84. The fourth-order valence-corrected chi connectivity index (χ4v) is 5.11. The van der Waals surface area contributed by atoms with Gasteiger partial charge in [0, 0.05) is 23.0 Å². The van der Waals surface area contributed by atoms with Gasteiger partial charge in [0.25, 0.3) is 5.91 Å². The Morgan fingerprint density at radius 2 is 1.57 bits per heavy atom. The van der Waals surface area contributed by atoms with E-state index in [-0.39, 0.29) is 10.8 Å². The van der Waals surface area contributed by atoms with Crippen LogP contribution in [0, 0.1) is 0 Å². The molecule has 0 aliphatic carbocycles. The van der Waals surface area contributed by atoms with Gasteiger partial charge in [0.2, 0.25) is 10.0 Å². The molecule has 0 saturated carbocycles. The summed E-state index contributed by atoms with van der Waals surface area (Å²) in [4.78, 5) is 13.4. The number of nitrogens with zero attached hydrogens (tertiary/aromatic N) is 2. The molecule has 4 rings (SSSR count). The predicted molar refractivity (Wildman–Crippen MR) is 138 cm³/mol. The SMILES string of the molecule is CC(C)(C)NS(=O)(=O)c1cccc(NC(=O)c2cn(Cc3ccccc3)nc2-c2ccccc2)c1. The van der Waals surface area contributed by atoms with Gasteiger partial charge in [-0.15, -0.1) is 0 Å². The van der Waals surface area contributed by atoms with Gasteiger partial charge in [-0.1, -0.05) is 66.7 Å². The molecule has 7 nitrogen and oxygen atoms in total. The Balaban J connectivity index is 1.64. The molecule has 0 spiro atoms. The van der Waals surface area contributed by atoms with Crippen molar-refractivity contribution in [2.45, 2.75) is 37.8 Å². The number of carbonyl (C=O) groups is 1. The Kier molecular flexibility index (Phi) is 6.86. The lowest BCUT2D eigenvalue weighted by molar-refractivity contribution is 0.102. The third kappa shape index (κ3) is 6.23. The Bertz CT molecular complexity index is 1420. The molecule has 3 aromatic carbocycles. The van der Waals surface area contributed by atoms with Crippen LogP contribution in [-0.4, -0.2) is 29.6 Å². The lowest BCUT2D eigenvalue weighted by Crippen LogP contribution is -2.40. The van der Waals surface area contributed by atoms with E-state index in [1.807, 2.05) is 60.7 Å². The van der Waals surface area contributed by atoms with Crippen LogP contribution in [0.1, 0.15) is 36.7 Å². The van der Waals surface area contributed by atoms with Crippen LogP contribution in [0.2, 0.25) is 0 Å². The van der Waals surface area contributed by atoms with Crippen LogP contribution >= 0.6 is 0 Å². The van der Waals surface area contributed by atoms with Crippen molar-refractivity contribution in [3.05, 3.63) is 102 Å². The number of amides is 1. The topological polar surface area (TPSA) is 93.1 Å². The largest absolute Gasteiger partial charge is 0.322 e. The van der Waals surface area contributed by atoms with E-state index in [1.165, 1.54) is 12.1 Å². The zero-order chi connectivity index (χ0) is 25.1. The number of sulfonamides is 1. The number of hydrogen-bond acceptors (Lipinski definition) is 4. The third-order valence-electron chi connectivity index (χ3n) is 5.08. The number of nitrogens with one attached hydrogen (secondary N) is 2. The van der Waals surface area contributed by atoms with Crippen LogP contribution in [0.25, 0.3) is 11.3 Å². The minimum atomic E-state index is -3.74. The number of aromatic nitrogens is 2. The maximum absolute atomic E-state index is 13.3. The van der Waals surface area contributed by atoms with Crippen molar-refractivity contribution in [2.24, 2.45) is 0 Å². The minimum absolute atomic E-state index is 0.0771. The summed E-state index contributed by atoms with van der Waals surface area (Å²) in [5.74, 6) is -0.374. The zero-order valence-electron chi connectivity index (χ0n) is 19.9. The first-order valence-electron chi connectivity index (χ1n) is 11.2. The van der Waals surface area contributed by atoms with Crippen molar-refractivity contribution in [3.63, 3.8) is 0 Å². The van der Waals surface area contributed by atoms with Gasteiger partial charge in [0.15, 0.2) is 0 Å². The van der Waals surface area contributed by atoms with Gasteiger partial charge in [-0.2, -0.15) is 5.10 Å². The highest BCUT2D eigenvalue weighted by Gasteiger charge is 2.23. The predicted octanol–water partition coefficient (Wildman–Crippen LogP) is 4.93. The summed E-state index contributed by atoms with van der Waals surface area (Å²) in [5.41, 5.74) is 2.57. The summed E-state index contributed by atoms with van der Waals surface area (Å²) >= 11 is 0. The molecular weight excluding hydrogens is 460 g/mol. The van der Waals surface area contributed by atoms with Gasteiger partial charge in [0.1, 0.15) is 5.69 Å². The van der Waals surface area contributed by atoms with Crippen LogP contribution in [0.4, 0.5) is 5.69 Å². The van der Waals surface area contributed by atoms with Gasteiger partial charge in [0.05, 0.1) is 17.0 Å². The average molecular weight is 489 g/mol. The highest BCUT2D eigenvalue weighted by atomic mass is 32.2. The van der Waals surface area contributed by atoms with Crippen molar-refractivity contribution in [1.82, 2.24) is 14.5 Å². The van der Waals surface area contributed by atoms with E-state index in [9.17, 15) is 13.2 Å². The first kappa shape index (κ1) is 24.4. The Labute approximate surface area is 205 Å². The molecule has 0 aliphatic heterocycles. The van der Waals surface area contributed by atoms with Crippen molar-refractivity contribution in [2.75, 3.05) is 5.32 Å². The highest BCUT2D eigenvalue weighted by molar-refractivity contribution is 7.89. The molecule has 8 heteroatoms. The van der Waals surface area contributed by atoms with Crippen molar-refractivity contribution in [3.8, 4) is 11.3 Å². The van der Waals surface area contributed by atoms with E-state index in [2.05, 4.69) is 15.1 Å². The van der Waals surface area contributed by atoms with E-state index in [1.54, 1.807) is 43.8 Å². The molecule has 1 heterocycles. The first-order valence-corrected chi connectivity index (χ1v) is 12.7. The molecule has 0 atom stereocenters. The fraction of sp³-hybridized carbons (Fsp3) is 0.185. The average Bonchev–Trinajstić information content (AvgIpc) is 3.23. The van der Waals surface area contributed by atoms with Crippen LogP contribution in [0.5, 0.6) is 0 Å². The van der Waals surface area contributed by atoms with Crippen LogP contribution in [0.3, 0.4) is 0 Å². The molecule has 0 aliphatic rings. The summed E-state index contributed by atoms with van der Waals surface area (Å²) in [6, 6.07) is 25.6. The molecule has 35 heavy (non-hydrogen) atoms. The number of anilines is 1. The van der Waals surface area contributed by atoms with E-state index in [4.69, 9.17) is 0 Å². The summed E-state index contributed by atoms with van der Waals surface area (Å²) < 4.78 is 29.8. The number of hydrogen-bond donors (Lipinski definition) is 2. The van der Waals surface area contributed by atoms with Crippen molar-refractivity contribution >= 4 is 21.6 Å². The molecule has 0 radical (unpaired) electrons. The van der Waals surface area contributed by atoms with E-state index >= 15 is 0 Å². The maximum Gasteiger partial charge on any atom is 0.259 e. The number of carbonyl (C=O) groups excluding carboxylic acids is 1. The first-order chi connectivity index (χ1) is 16.6. The summed E-state index contributed by atoms with van der Waals surface area (Å²) in [6.45, 7) is 5.83. The lowest BCUT2D eigenvalue weighted by atomic mass is 10.1. The molecule has 0 unspecified atom stereocenters. The normalized spacial score (nSPS) is 11.9. The van der Waals surface area contributed by atoms with Crippen LogP contribution in [0.15, 0.2) is 96.0 Å². The number of benzene rings is 3. The molecule has 1 amide bonds. The zero-order valence-corrected chi connectivity index (χ0v) is 20.7. The molecule has 0 fully saturated rings. The minimum Gasteiger partial charge on any atom is -0.322 e. The van der Waals surface area contributed by atoms with Crippen LogP contribution in [-0.2, 0) is 16.6 Å². The lowest BCUT2D eigenvalue weighted by Gasteiger charge is -2.20. The summed E-state index contributed by atoms with van der Waals surface area (Å²) in [6.07, 6.45) is 1.71. The molecular formula is C27H28N4O3S. The van der Waals surface area contributed by atoms with Gasteiger partial charge in [-0.25, -0.2) is 13.1 Å². The summed E-state index contributed by atoms with van der Waals surface area (Å²) in [7, 11) is -3.74. The van der Waals surface area contributed by atoms with Crippen molar-refractivity contribution in [1.29, 1.82) is 0 Å². The molecule has 0 bridgehead atoms. The van der Waals surface area contributed by atoms with Crippen molar-refractivity contribution < 1.29 is 13.2 Å². The second-order valence-corrected chi connectivity index (χ2v) is 11.0. The molecule has 4 aromatic rings. The van der Waals surface area contributed by atoms with Gasteiger partial charge < -0.3 is 5.32 Å².